The van der Waals surface area contributed by atoms with Crippen molar-refractivity contribution in [3.63, 3.8) is 0 Å². The van der Waals surface area contributed by atoms with E-state index >= 15 is 0 Å². The first kappa shape index (κ1) is 27.9. The maximum atomic E-state index is 8.60. The van der Waals surface area contributed by atoms with E-state index in [1.54, 1.807) is 12.3 Å². The van der Waals surface area contributed by atoms with Crippen molar-refractivity contribution in [2.24, 2.45) is 5.41 Å². The van der Waals surface area contributed by atoms with Crippen LogP contribution in [-0.4, -0.2) is 9.97 Å². The molecule has 0 N–H and O–H groups in total. The molecule has 0 unspecified atom stereocenters. The normalized spacial score (nSPS) is 12.3. The molecule has 3 aromatic heterocycles. The zero-order valence-corrected chi connectivity index (χ0v) is 27.7. The van der Waals surface area contributed by atoms with E-state index in [9.17, 15) is 0 Å². The van der Waals surface area contributed by atoms with Gasteiger partial charge in [-0.05, 0) is 63.3 Å². The van der Waals surface area contributed by atoms with Crippen LogP contribution in [0, 0.1) is 17.5 Å². The number of pyridine rings is 2. The van der Waals surface area contributed by atoms with E-state index in [-0.39, 0.29) is 20.1 Å². The topological polar surface area (TPSA) is 38.9 Å². The minimum absolute atomic E-state index is 0. The molecule has 3 nitrogen and oxygen atoms in total. The molecular formula is C41H32IrN2O-2. The minimum Gasteiger partial charge on any atom is -0.501 e. The predicted molar refractivity (Wildman–Crippen MR) is 182 cm³/mol. The monoisotopic (exact) mass is 763 g/mol. The molecule has 0 atom stereocenters. The molecular weight excluding hydrogens is 729 g/mol. The van der Waals surface area contributed by atoms with Crippen molar-refractivity contribution in [3.8, 4) is 33.6 Å². The summed E-state index contributed by atoms with van der Waals surface area (Å²) in [6.07, 6.45) is 2.03. The van der Waals surface area contributed by atoms with Crippen molar-refractivity contribution in [1.82, 2.24) is 9.97 Å². The average molecular weight is 763 g/mol. The van der Waals surface area contributed by atoms with Crippen LogP contribution in [0.4, 0.5) is 0 Å². The van der Waals surface area contributed by atoms with E-state index < -0.39 is 11.8 Å². The van der Waals surface area contributed by atoms with Gasteiger partial charge in [-0.25, -0.2) is 0 Å². The molecule has 0 aliphatic rings. The summed E-state index contributed by atoms with van der Waals surface area (Å²) in [4.78, 5) is 8.92. The van der Waals surface area contributed by atoms with E-state index in [4.69, 9.17) is 7.16 Å². The average Bonchev–Trinajstić information content (AvgIpc) is 3.49. The van der Waals surface area contributed by atoms with Gasteiger partial charge in [-0.15, -0.1) is 48.0 Å². The molecule has 8 rings (SSSR count). The van der Waals surface area contributed by atoms with Gasteiger partial charge in [0, 0.05) is 40.6 Å². The van der Waals surface area contributed by atoms with Crippen LogP contribution in [0.15, 0.2) is 132 Å². The summed E-state index contributed by atoms with van der Waals surface area (Å²) >= 11 is 0. The van der Waals surface area contributed by atoms with E-state index in [1.165, 1.54) is 11.1 Å². The number of aromatic nitrogens is 2. The van der Waals surface area contributed by atoms with Crippen LogP contribution in [0.2, 0.25) is 0 Å². The first-order valence-corrected chi connectivity index (χ1v) is 14.7. The van der Waals surface area contributed by atoms with Crippen molar-refractivity contribution >= 4 is 32.7 Å². The Kier molecular flexibility index (Phi) is 7.91. The SMILES string of the molecule is [2H]C([2H])(c1ccnc(-c2[c-]cc3ccc4cccc5oc2c3c45)c1)C(C)(C)C.[Ir].[c-]1ccccc1-c1cc(-c2ccccc2)ccn1. The molecule has 5 aromatic carbocycles. The van der Waals surface area contributed by atoms with Crippen LogP contribution in [-0.2, 0) is 26.5 Å². The van der Waals surface area contributed by atoms with Gasteiger partial charge >= 0.3 is 0 Å². The van der Waals surface area contributed by atoms with Crippen molar-refractivity contribution in [2.75, 3.05) is 0 Å². The molecule has 8 aromatic rings. The predicted octanol–water partition coefficient (Wildman–Crippen LogP) is 10.8. The van der Waals surface area contributed by atoms with Crippen molar-refractivity contribution in [2.45, 2.75) is 27.1 Å². The third-order valence-electron chi connectivity index (χ3n) is 7.47. The van der Waals surface area contributed by atoms with E-state index in [2.05, 4.69) is 58.5 Å². The number of rotatable bonds is 4. The molecule has 3 heterocycles. The van der Waals surface area contributed by atoms with Crippen LogP contribution in [0.1, 0.15) is 29.1 Å². The molecule has 0 spiro atoms. The van der Waals surface area contributed by atoms with Crippen LogP contribution in [0.3, 0.4) is 0 Å². The number of furan rings is 1. The molecule has 0 saturated heterocycles. The largest absolute Gasteiger partial charge is 0.501 e. The summed E-state index contributed by atoms with van der Waals surface area (Å²) in [5.74, 6) is 0. The fourth-order valence-corrected chi connectivity index (χ4v) is 5.57. The molecule has 4 heteroatoms. The second kappa shape index (κ2) is 12.8. The molecule has 0 aliphatic carbocycles. The molecule has 223 valence electrons. The summed E-state index contributed by atoms with van der Waals surface area (Å²) in [5.41, 5.74) is 7.48. The van der Waals surface area contributed by atoms with Crippen LogP contribution in [0.5, 0.6) is 0 Å². The Labute approximate surface area is 280 Å². The van der Waals surface area contributed by atoms with Gasteiger partial charge in [0.25, 0.3) is 0 Å². The van der Waals surface area contributed by atoms with Gasteiger partial charge in [-0.1, -0.05) is 104 Å². The summed E-state index contributed by atoms with van der Waals surface area (Å²) in [5, 5.41) is 4.42. The summed E-state index contributed by atoms with van der Waals surface area (Å²) in [7, 11) is 0. The van der Waals surface area contributed by atoms with Crippen LogP contribution >= 0.6 is 0 Å². The van der Waals surface area contributed by atoms with Crippen LogP contribution in [0.25, 0.3) is 66.4 Å². The van der Waals surface area contributed by atoms with E-state index in [1.807, 2.05) is 99.8 Å². The van der Waals surface area contributed by atoms with Gasteiger partial charge in [-0.3, -0.25) is 0 Å². The van der Waals surface area contributed by atoms with Gasteiger partial charge in [-0.2, -0.15) is 0 Å². The Morgan fingerprint density at radius 1 is 0.711 bits per heavy atom. The zero-order chi connectivity index (χ0) is 31.9. The van der Waals surface area contributed by atoms with Crippen LogP contribution < -0.4 is 0 Å². The van der Waals surface area contributed by atoms with E-state index in [0.717, 1.165) is 49.5 Å². The summed E-state index contributed by atoms with van der Waals surface area (Å²) < 4.78 is 23.4. The Hall–Kier alpha value is -4.63. The molecule has 0 fully saturated rings. The molecule has 45 heavy (non-hydrogen) atoms. The Morgan fingerprint density at radius 2 is 1.49 bits per heavy atom. The third kappa shape index (κ3) is 6.44. The van der Waals surface area contributed by atoms with Crippen molar-refractivity contribution in [3.05, 3.63) is 145 Å². The first-order chi connectivity index (χ1) is 22.2. The van der Waals surface area contributed by atoms with E-state index in [0.29, 0.717) is 11.3 Å². The Morgan fingerprint density at radius 3 is 2.29 bits per heavy atom. The Balaban J connectivity index is 0.000000176. The maximum absolute atomic E-state index is 8.60. The molecule has 0 amide bonds. The third-order valence-corrected chi connectivity index (χ3v) is 7.47. The maximum Gasteiger partial charge on any atom is 0.121 e. The molecule has 0 bridgehead atoms. The van der Waals surface area contributed by atoms with Gasteiger partial charge in [0.1, 0.15) is 5.58 Å². The zero-order valence-electron chi connectivity index (χ0n) is 27.3. The number of hydrogen-bond acceptors (Lipinski definition) is 3. The Bertz CT molecular complexity index is 2220. The molecule has 1 radical (unpaired) electrons. The quantitative estimate of drug-likeness (QED) is 0.132. The summed E-state index contributed by atoms with van der Waals surface area (Å²) in [6.45, 7) is 5.72. The van der Waals surface area contributed by atoms with Crippen molar-refractivity contribution < 1.29 is 27.3 Å². The summed E-state index contributed by atoms with van der Waals surface area (Å²) in [6, 6.07) is 44.7. The number of benzene rings is 5. The second-order valence-electron chi connectivity index (χ2n) is 11.9. The first-order valence-electron chi connectivity index (χ1n) is 15.7. The molecule has 0 saturated carbocycles. The number of nitrogens with zero attached hydrogens (tertiary/aromatic N) is 2. The standard InChI is InChI=1S/C24H20NO.C17H12N.Ir/c1-24(2,3)14-15-11-12-25-19(13-15)18-10-9-17-8-7-16-5-4-6-20-21(16)22(17)23(18)26-20;1-3-7-14(8-4-1)16-11-12-18-17(13-16)15-9-5-2-6-10-15;/h4-9,11-13H,14H2,1-3H3;1-9,11-13H;/q2*-1;/i14D2;;. The molecule has 0 aliphatic heterocycles. The fraction of sp³-hybridized carbons (Fsp3) is 0.122. The van der Waals surface area contributed by atoms with Crippen molar-refractivity contribution in [1.29, 1.82) is 0 Å². The smallest absolute Gasteiger partial charge is 0.121 e. The van der Waals surface area contributed by atoms with Gasteiger partial charge in [0.2, 0.25) is 0 Å². The second-order valence-corrected chi connectivity index (χ2v) is 11.9. The van der Waals surface area contributed by atoms with Gasteiger partial charge in [0.15, 0.2) is 0 Å². The fourth-order valence-electron chi connectivity index (χ4n) is 5.57. The minimum atomic E-state index is -1.49. The number of hydrogen-bond donors (Lipinski definition) is 0. The van der Waals surface area contributed by atoms with Gasteiger partial charge < -0.3 is 14.4 Å². The van der Waals surface area contributed by atoms with Gasteiger partial charge in [0.05, 0.1) is 5.58 Å².